The number of nitrogen functional groups attached to an aromatic ring is 1. The summed E-state index contributed by atoms with van der Waals surface area (Å²) in [5, 5.41) is 0. The van der Waals surface area contributed by atoms with Gasteiger partial charge in [-0.3, -0.25) is 0 Å². The minimum Gasteiger partial charge on any atom is -0.383 e. The summed E-state index contributed by atoms with van der Waals surface area (Å²) in [7, 11) is -1.90. The molecule has 0 saturated heterocycles. The minimum atomic E-state index is -3.54. The number of hydrogen-bond donors (Lipinski definition) is 1. The Hall–Kier alpha value is -1.14. The largest absolute Gasteiger partial charge is 0.383 e. The van der Waals surface area contributed by atoms with Crippen LogP contribution in [0.3, 0.4) is 0 Å². The quantitative estimate of drug-likeness (QED) is 0.918. The highest BCUT2D eigenvalue weighted by molar-refractivity contribution is 7.89. The molecule has 1 heterocycles. The lowest BCUT2D eigenvalue weighted by Crippen LogP contribution is -2.39. The molecule has 2 N–H and O–H groups in total. The van der Waals surface area contributed by atoms with Crippen LogP contribution >= 0.6 is 0 Å². The van der Waals surface area contributed by atoms with Crippen LogP contribution in [-0.2, 0) is 10.0 Å². The fraction of sp³-hybridized carbons (Fsp3) is 0.615. The molecule has 1 fully saturated rings. The van der Waals surface area contributed by atoms with Gasteiger partial charge in [0.1, 0.15) is 10.7 Å². The summed E-state index contributed by atoms with van der Waals surface area (Å²) in [5.41, 5.74) is 5.68. The molecule has 5 nitrogen and oxygen atoms in total. The zero-order chi connectivity index (χ0) is 14.0. The molecule has 0 radical (unpaired) electrons. The Morgan fingerprint density at radius 2 is 1.95 bits per heavy atom. The van der Waals surface area contributed by atoms with Crippen molar-refractivity contribution in [3.8, 4) is 0 Å². The molecule has 1 aliphatic carbocycles. The van der Waals surface area contributed by atoms with E-state index in [2.05, 4.69) is 11.9 Å². The third kappa shape index (κ3) is 2.90. The summed E-state index contributed by atoms with van der Waals surface area (Å²) in [5.74, 6) is 0.759. The number of nitrogens with two attached hydrogens (primary N) is 1. The van der Waals surface area contributed by atoms with Gasteiger partial charge in [-0.05, 0) is 43.7 Å². The lowest BCUT2D eigenvalue weighted by atomic mass is 9.87. The van der Waals surface area contributed by atoms with Crippen LogP contribution in [0.15, 0.2) is 23.2 Å². The fourth-order valence-electron chi connectivity index (χ4n) is 2.58. The normalized spacial score (nSPS) is 24.6. The van der Waals surface area contributed by atoms with Crippen LogP contribution in [-0.4, -0.2) is 30.8 Å². The summed E-state index contributed by atoms with van der Waals surface area (Å²) < 4.78 is 26.5. The highest BCUT2D eigenvalue weighted by Crippen LogP contribution is 2.30. The van der Waals surface area contributed by atoms with Gasteiger partial charge in [-0.1, -0.05) is 6.92 Å². The van der Waals surface area contributed by atoms with Gasteiger partial charge in [0.15, 0.2) is 0 Å². The van der Waals surface area contributed by atoms with Crippen molar-refractivity contribution in [2.45, 2.75) is 43.5 Å². The van der Waals surface area contributed by atoms with Gasteiger partial charge in [0.2, 0.25) is 10.0 Å². The van der Waals surface area contributed by atoms with E-state index in [0.29, 0.717) is 5.92 Å². The minimum absolute atomic E-state index is 0.0681. The Labute approximate surface area is 114 Å². The van der Waals surface area contributed by atoms with Crippen molar-refractivity contribution in [3.05, 3.63) is 18.3 Å². The van der Waals surface area contributed by atoms with Crippen LogP contribution in [0.25, 0.3) is 0 Å². The number of nitrogens with zero attached hydrogens (tertiary/aromatic N) is 2. The van der Waals surface area contributed by atoms with E-state index < -0.39 is 10.0 Å². The summed E-state index contributed by atoms with van der Waals surface area (Å²) >= 11 is 0. The van der Waals surface area contributed by atoms with Gasteiger partial charge in [0.25, 0.3) is 0 Å². The first-order valence-electron chi connectivity index (χ1n) is 6.61. The monoisotopic (exact) mass is 283 g/mol. The second kappa shape index (κ2) is 5.46. The number of rotatable bonds is 3. The van der Waals surface area contributed by atoms with E-state index in [-0.39, 0.29) is 16.8 Å². The lowest BCUT2D eigenvalue weighted by Gasteiger charge is -2.32. The average molecular weight is 283 g/mol. The topological polar surface area (TPSA) is 76.3 Å². The zero-order valence-electron chi connectivity index (χ0n) is 11.4. The number of aromatic nitrogens is 1. The predicted octanol–water partition coefficient (Wildman–Crippen LogP) is 1.86. The molecule has 106 valence electrons. The van der Waals surface area contributed by atoms with Crippen molar-refractivity contribution in [2.24, 2.45) is 5.92 Å². The zero-order valence-corrected chi connectivity index (χ0v) is 12.2. The number of hydrogen-bond acceptors (Lipinski definition) is 4. The second-order valence-corrected chi connectivity index (χ2v) is 7.29. The maximum Gasteiger partial charge on any atom is 0.246 e. The Balaban J connectivity index is 2.23. The first-order chi connectivity index (χ1) is 8.93. The number of pyridine rings is 1. The Morgan fingerprint density at radius 3 is 2.53 bits per heavy atom. The van der Waals surface area contributed by atoms with Gasteiger partial charge in [0, 0.05) is 19.3 Å². The molecule has 2 rings (SSSR count). The highest BCUT2D eigenvalue weighted by Gasteiger charge is 2.31. The van der Waals surface area contributed by atoms with Crippen molar-refractivity contribution in [3.63, 3.8) is 0 Å². The smallest absolute Gasteiger partial charge is 0.246 e. The third-order valence-electron chi connectivity index (χ3n) is 3.96. The Kier molecular flexibility index (Phi) is 4.10. The van der Waals surface area contributed by atoms with Crippen molar-refractivity contribution in [1.82, 2.24) is 9.29 Å². The van der Waals surface area contributed by atoms with E-state index in [1.54, 1.807) is 13.1 Å². The summed E-state index contributed by atoms with van der Waals surface area (Å²) in [4.78, 5) is 3.96. The Morgan fingerprint density at radius 1 is 1.32 bits per heavy atom. The molecule has 1 aromatic rings. The van der Waals surface area contributed by atoms with Crippen molar-refractivity contribution in [2.75, 3.05) is 12.8 Å². The van der Waals surface area contributed by atoms with Crippen molar-refractivity contribution >= 4 is 15.8 Å². The molecule has 6 heteroatoms. The molecule has 19 heavy (non-hydrogen) atoms. The van der Waals surface area contributed by atoms with Crippen LogP contribution in [0.2, 0.25) is 0 Å². The molecule has 0 bridgehead atoms. The fourth-order valence-corrected chi connectivity index (χ4v) is 4.06. The molecule has 1 aliphatic rings. The molecule has 0 amide bonds. The molecular weight excluding hydrogens is 262 g/mol. The van der Waals surface area contributed by atoms with Gasteiger partial charge < -0.3 is 5.73 Å². The van der Waals surface area contributed by atoms with Gasteiger partial charge in [-0.15, -0.1) is 0 Å². The molecule has 0 aromatic carbocycles. The molecule has 1 aromatic heterocycles. The van der Waals surface area contributed by atoms with Crippen LogP contribution in [0, 0.1) is 5.92 Å². The van der Waals surface area contributed by atoms with E-state index >= 15 is 0 Å². The number of anilines is 1. The highest BCUT2D eigenvalue weighted by atomic mass is 32.2. The van der Waals surface area contributed by atoms with Crippen molar-refractivity contribution in [1.29, 1.82) is 0 Å². The van der Waals surface area contributed by atoms with E-state index in [1.165, 1.54) is 16.6 Å². The first-order valence-corrected chi connectivity index (χ1v) is 8.05. The Bertz CT molecular complexity index is 537. The van der Waals surface area contributed by atoms with Crippen LogP contribution < -0.4 is 5.73 Å². The van der Waals surface area contributed by atoms with E-state index in [4.69, 9.17) is 5.73 Å². The maximum atomic E-state index is 12.5. The molecule has 1 saturated carbocycles. The molecular formula is C13H21N3O2S. The molecule has 0 spiro atoms. The lowest BCUT2D eigenvalue weighted by molar-refractivity contribution is 0.246. The van der Waals surface area contributed by atoms with E-state index in [0.717, 1.165) is 25.7 Å². The van der Waals surface area contributed by atoms with Gasteiger partial charge in [0.05, 0.1) is 0 Å². The molecule has 0 atom stereocenters. The number of sulfonamides is 1. The van der Waals surface area contributed by atoms with Gasteiger partial charge >= 0.3 is 0 Å². The SMILES string of the molecule is CC1CCC(N(C)S(=O)(=O)c2cccnc2N)CC1. The second-order valence-electron chi connectivity index (χ2n) is 5.32. The molecule has 0 aliphatic heterocycles. The average Bonchev–Trinajstić information content (AvgIpc) is 2.39. The van der Waals surface area contributed by atoms with Crippen LogP contribution in [0.5, 0.6) is 0 Å². The maximum absolute atomic E-state index is 12.5. The van der Waals surface area contributed by atoms with Crippen LogP contribution in [0.4, 0.5) is 5.82 Å². The first kappa shape index (κ1) is 14.3. The third-order valence-corrected chi connectivity index (χ3v) is 5.91. The summed E-state index contributed by atoms with van der Waals surface area (Å²) in [6.45, 7) is 2.21. The van der Waals surface area contributed by atoms with E-state index in [9.17, 15) is 8.42 Å². The van der Waals surface area contributed by atoms with Gasteiger partial charge in [-0.2, -0.15) is 4.31 Å². The summed E-state index contributed by atoms with van der Waals surface area (Å²) in [6, 6.07) is 3.18. The van der Waals surface area contributed by atoms with E-state index in [1.807, 2.05) is 0 Å². The standard InChI is InChI=1S/C13H21N3O2S/c1-10-5-7-11(8-6-10)16(2)19(17,18)12-4-3-9-15-13(12)14/h3-4,9-11H,5-8H2,1-2H3,(H2,14,15). The van der Waals surface area contributed by atoms with Gasteiger partial charge in [-0.25, -0.2) is 13.4 Å². The van der Waals surface area contributed by atoms with Crippen molar-refractivity contribution < 1.29 is 8.42 Å². The summed E-state index contributed by atoms with van der Waals surface area (Å²) in [6.07, 6.45) is 5.48. The molecule has 0 unspecified atom stereocenters. The van der Waals surface area contributed by atoms with Crippen LogP contribution in [0.1, 0.15) is 32.6 Å². The predicted molar refractivity (Wildman–Crippen MR) is 75.0 cm³/mol.